The van der Waals surface area contributed by atoms with Crippen LogP contribution in [0.15, 0.2) is 10.3 Å². The van der Waals surface area contributed by atoms with Crippen molar-refractivity contribution in [3.05, 3.63) is 16.2 Å². The summed E-state index contributed by atoms with van der Waals surface area (Å²) in [7, 11) is -0.637. The minimum atomic E-state index is -3.73. The topological polar surface area (TPSA) is 111 Å². The average molecular weight is 321 g/mol. The monoisotopic (exact) mass is 321 g/mol. The third kappa shape index (κ3) is 2.92. The summed E-state index contributed by atoms with van der Waals surface area (Å²) in [5.41, 5.74) is -0.235. The molecule has 2 N–H and O–H groups in total. The fourth-order valence-electron chi connectivity index (χ4n) is 1.94. The van der Waals surface area contributed by atoms with E-state index in [9.17, 15) is 18.5 Å². The van der Waals surface area contributed by atoms with Crippen LogP contribution in [0.1, 0.15) is 12.8 Å². The maximum Gasteiger partial charge on any atom is 0.304 e. The number of hydrogen-bond acceptors (Lipinski definition) is 7. The van der Waals surface area contributed by atoms with Gasteiger partial charge in [-0.3, -0.25) is 10.1 Å². The number of hydrogen-bond donors (Lipinski definition) is 2. The van der Waals surface area contributed by atoms with E-state index in [-0.39, 0.29) is 27.0 Å². The van der Waals surface area contributed by atoms with Gasteiger partial charge in [-0.25, -0.2) is 13.1 Å². The predicted octanol–water partition coefficient (Wildman–Crippen LogP) is 1.15. The van der Waals surface area contributed by atoms with Gasteiger partial charge in [-0.15, -0.1) is 0 Å². The summed E-state index contributed by atoms with van der Waals surface area (Å²) in [5.74, 6) is 0. The van der Waals surface area contributed by atoms with Crippen LogP contribution in [0.2, 0.25) is 0 Å². The molecule has 0 aliphatic heterocycles. The van der Waals surface area contributed by atoms with E-state index in [4.69, 9.17) is 4.74 Å². The van der Waals surface area contributed by atoms with Gasteiger partial charge in [-0.05, 0) is 12.8 Å². The molecule has 0 unspecified atom stereocenters. The van der Waals surface area contributed by atoms with Crippen LogP contribution in [0.4, 0.5) is 10.7 Å². The Labute approximate surface area is 120 Å². The van der Waals surface area contributed by atoms with Crippen molar-refractivity contribution in [2.45, 2.75) is 29.2 Å². The van der Waals surface area contributed by atoms with Gasteiger partial charge in [0.05, 0.1) is 11.0 Å². The largest absolute Gasteiger partial charge is 0.381 e. The van der Waals surface area contributed by atoms with Crippen molar-refractivity contribution >= 4 is 32.0 Å². The number of anilines is 1. The van der Waals surface area contributed by atoms with Crippen molar-refractivity contribution in [1.82, 2.24) is 4.72 Å². The Morgan fingerprint density at radius 3 is 2.60 bits per heavy atom. The van der Waals surface area contributed by atoms with E-state index in [0.717, 1.165) is 17.4 Å². The summed E-state index contributed by atoms with van der Waals surface area (Å²) in [5, 5.41) is 13.7. The number of nitro groups is 1. The van der Waals surface area contributed by atoms with Crippen LogP contribution < -0.4 is 10.0 Å². The van der Waals surface area contributed by atoms with Crippen LogP contribution in [0.3, 0.4) is 0 Å². The van der Waals surface area contributed by atoms with Crippen molar-refractivity contribution < 1.29 is 18.1 Å². The van der Waals surface area contributed by atoms with Crippen LogP contribution in [-0.2, 0) is 14.8 Å². The molecule has 0 atom stereocenters. The van der Waals surface area contributed by atoms with Crippen LogP contribution in [-0.4, -0.2) is 39.6 Å². The van der Waals surface area contributed by atoms with E-state index in [2.05, 4.69) is 10.0 Å². The first kappa shape index (κ1) is 15.2. The maximum absolute atomic E-state index is 12.1. The minimum Gasteiger partial charge on any atom is -0.381 e. The number of sulfonamides is 1. The number of thiophene rings is 1. The molecule has 20 heavy (non-hydrogen) atoms. The molecule has 112 valence electrons. The molecule has 0 bridgehead atoms. The third-order valence-electron chi connectivity index (χ3n) is 3.13. The Hall–Kier alpha value is -1.23. The lowest BCUT2D eigenvalue weighted by atomic mass is 9.90. The SMILES string of the molecule is CNc1sc(S(=O)(=O)NC2CC(OC)C2)cc1[N+](=O)[O-]. The van der Waals surface area contributed by atoms with E-state index in [0.29, 0.717) is 12.8 Å². The standard InChI is InChI=1S/C10H15N3O5S2/c1-11-10-8(13(14)15)5-9(19-10)20(16,17)12-6-3-7(4-6)18-2/h5-7,11-12H,3-4H2,1-2H3. The summed E-state index contributed by atoms with van der Waals surface area (Å²) in [4.78, 5) is 10.2. The first-order chi connectivity index (χ1) is 9.37. The van der Waals surface area contributed by atoms with Crippen molar-refractivity contribution in [1.29, 1.82) is 0 Å². The van der Waals surface area contributed by atoms with Crippen molar-refractivity contribution in [3.63, 3.8) is 0 Å². The Bertz CT molecular complexity index is 606. The Morgan fingerprint density at radius 2 is 2.15 bits per heavy atom. The quantitative estimate of drug-likeness (QED) is 0.601. The molecule has 1 saturated carbocycles. The van der Waals surface area contributed by atoms with Gasteiger partial charge in [0.25, 0.3) is 10.0 Å². The summed E-state index contributed by atoms with van der Waals surface area (Å²) in [6.45, 7) is 0. The molecule has 0 aromatic carbocycles. The normalized spacial score (nSPS) is 22.3. The van der Waals surface area contributed by atoms with Crippen molar-refractivity contribution in [2.24, 2.45) is 0 Å². The molecular weight excluding hydrogens is 306 g/mol. The highest BCUT2D eigenvalue weighted by atomic mass is 32.2. The second kappa shape index (κ2) is 5.64. The third-order valence-corrected chi connectivity index (χ3v) is 6.26. The molecule has 1 fully saturated rings. The molecule has 10 heteroatoms. The smallest absolute Gasteiger partial charge is 0.304 e. The number of ether oxygens (including phenoxy) is 1. The van der Waals surface area contributed by atoms with Gasteiger partial charge < -0.3 is 10.1 Å². The van der Waals surface area contributed by atoms with E-state index in [1.165, 1.54) is 7.05 Å². The van der Waals surface area contributed by atoms with Gasteiger partial charge in [-0.2, -0.15) is 0 Å². The van der Waals surface area contributed by atoms with Crippen LogP contribution in [0, 0.1) is 10.1 Å². The first-order valence-electron chi connectivity index (χ1n) is 5.88. The van der Waals surface area contributed by atoms with E-state index in [1.807, 2.05) is 0 Å². The van der Waals surface area contributed by atoms with Gasteiger partial charge in [0.2, 0.25) is 0 Å². The number of nitrogens with one attached hydrogen (secondary N) is 2. The molecule has 1 aliphatic rings. The highest BCUT2D eigenvalue weighted by Gasteiger charge is 2.34. The minimum absolute atomic E-state index is 0.0607. The summed E-state index contributed by atoms with van der Waals surface area (Å²) < 4.78 is 31.8. The average Bonchev–Trinajstić information content (AvgIpc) is 2.78. The molecule has 1 aromatic rings. The maximum atomic E-state index is 12.1. The lowest BCUT2D eigenvalue weighted by molar-refractivity contribution is -0.383. The van der Waals surface area contributed by atoms with Gasteiger partial charge in [0.15, 0.2) is 5.00 Å². The van der Waals surface area contributed by atoms with E-state index < -0.39 is 14.9 Å². The molecule has 1 aromatic heterocycles. The molecule has 0 spiro atoms. The predicted molar refractivity (Wildman–Crippen MR) is 74.7 cm³/mol. The molecule has 0 saturated heterocycles. The fraction of sp³-hybridized carbons (Fsp3) is 0.600. The zero-order chi connectivity index (χ0) is 14.9. The molecule has 0 radical (unpaired) electrons. The van der Waals surface area contributed by atoms with Gasteiger partial charge in [0.1, 0.15) is 4.21 Å². The van der Waals surface area contributed by atoms with Gasteiger partial charge in [-0.1, -0.05) is 11.3 Å². The molecule has 0 amide bonds. The van der Waals surface area contributed by atoms with Gasteiger partial charge >= 0.3 is 5.69 Å². The van der Waals surface area contributed by atoms with Crippen LogP contribution in [0.5, 0.6) is 0 Å². The van der Waals surface area contributed by atoms with E-state index in [1.54, 1.807) is 7.11 Å². The van der Waals surface area contributed by atoms with Gasteiger partial charge in [0, 0.05) is 26.3 Å². The van der Waals surface area contributed by atoms with Crippen LogP contribution >= 0.6 is 11.3 Å². The fourth-order valence-corrected chi connectivity index (χ4v) is 4.50. The molecule has 1 aliphatic carbocycles. The second-order valence-electron chi connectivity index (χ2n) is 4.43. The van der Waals surface area contributed by atoms with Crippen LogP contribution in [0.25, 0.3) is 0 Å². The molecule has 8 nitrogen and oxygen atoms in total. The number of methoxy groups -OCH3 is 1. The second-order valence-corrected chi connectivity index (χ2v) is 7.43. The Morgan fingerprint density at radius 1 is 1.50 bits per heavy atom. The Kier molecular flexibility index (Phi) is 4.28. The lowest BCUT2D eigenvalue weighted by Gasteiger charge is -2.34. The zero-order valence-electron chi connectivity index (χ0n) is 11.0. The number of nitrogens with zero attached hydrogens (tertiary/aromatic N) is 1. The number of rotatable bonds is 6. The summed E-state index contributed by atoms with van der Waals surface area (Å²) in [6.07, 6.45) is 1.30. The summed E-state index contributed by atoms with van der Waals surface area (Å²) >= 11 is 0.843. The first-order valence-corrected chi connectivity index (χ1v) is 8.18. The molecule has 1 heterocycles. The highest BCUT2D eigenvalue weighted by molar-refractivity contribution is 7.91. The van der Waals surface area contributed by atoms with E-state index >= 15 is 0 Å². The molecule has 2 rings (SSSR count). The van der Waals surface area contributed by atoms with Crippen molar-refractivity contribution in [3.8, 4) is 0 Å². The van der Waals surface area contributed by atoms with Crippen molar-refractivity contribution in [2.75, 3.05) is 19.5 Å². The Balaban J connectivity index is 2.16. The highest BCUT2D eigenvalue weighted by Crippen LogP contribution is 2.37. The zero-order valence-corrected chi connectivity index (χ0v) is 12.6. The molecular formula is C10H15N3O5S2. The summed E-state index contributed by atoms with van der Waals surface area (Å²) in [6, 6.07) is 0.898. The lowest BCUT2D eigenvalue weighted by Crippen LogP contribution is -2.47.